The normalized spacial score (nSPS) is 10.9. The lowest BCUT2D eigenvalue weighted by Gasteiger charge is -2.10. The smallest absolute Gasteiger partial charge is 0.262 e. The van der Waals surface area contributed by atoms with Gasteiger partial charge in [-0.2, -0.15) is 0 Å². The first-order valence-corrected chi connectivity index (χ1v) is 10.0. The fourth-order valence-electron chi connectivity index (χ4n) is 2.78. The van der Waals surface area contributed by atoms with Crippen LogP contribution in [0, 0.1) is 6.92 Å². The zero-order valence-corrected chi connectivity index (χ0v) is 17.8. The minimum absolute atomic E-state index is 0.0906. The van der Waals surface area contributed by atoms with E-state index in [9.17, 15) is 4.79 Å². The summed E-state index contributed by atoms with van der Waals surface area (Å²) >= 11 is 9.38. The number of hydrogen-bond donors (Lipinski definition) is 1. The van der Waals surface area contributed by atoms with Crippen LogP contribution in [-0.2, 0) is 4.79 Å². The first-order valence-electron chi connectivity index (χ1n) is 8.83. The number of ether oxygens (including phenoxy) is 1. The van der Waals surface area contributed by atoms with Crippen molar-refractivity contribution in [3.63, 3.8) is 0 Å². The lowest BCUT2D eigenvalue weighted by atomic mass is 10.1. The van der Waals surface area contributed by atoms with Crippen molar-refractivity contribution in [1.82, 2.24) is 4.98 Å². The maximum atomic E-state index is 12.3. The van der Waals surface area contributed by atoms with Gasteiger partial charge in [0.25, 0.3) is 5.91 Å². The standard InChI is InChI=1S/C22H16BrClN2O3/c1-13-2-3-14(22-26-19-11-16(24)6-9-20(19)29-22)10-18(13)25-21(27)12-28-17-7-4-15(23)5-8-17/h2-11H,12H2,1H3,(H,25,27). The summed E-state index contributed by atoms with van der Waals surface area (Å²) in [4.78, 5) is 16.8. The topological polar surface area (TPSA) is 64.4 Å². The lowest BCUT2D eigenvalue weighted by Crippen LogP contribution is -2.20. The van der Waals surface area contributed by atoms with E-state index in [0.717, 1.165) is 15.6 Å². The molecule has 0 saturated carbocycles. The van der Waals surface area contributed by atoms with Gasteiger partial charge in [0.2, 0.25) is 5.89 Å². The van der Waals surface area contributed by atoms with Crippen LogP contribution < -0.4 is 10.1 Å². The molecule has 0 aliphatic heterocycles. The van der Waals surface area contributed by atoms with Gasteiger partial charge in [0.1, 0.15) is 11.3 Å². The number of oxazole rings is 1. The van der Waals surface area contributed by atoms with E-state index in [2.05, 4.69) is 26.2 Å². The quantitative estimate of drug-likeness (QED) is 0.374. The Kier molecular flexibility index (Phi) is 5.56. The van der Waals surface area contributed by atoms with Crippen LogP contribution in [0.1, 0.15) is 5.56 Å². The van der Waals surface area contributed by atoms with Crippen molar-refractivity contribution in [3.05, 3.63) is 75.7 Å². The lowest BCUT2D eigenvalue weighted by molar-refractivity contribution is -0.118. The Bertz CT molecular complexity index is 1190. The van der Waals surface area contributed by atoms with Gasteiger partial charge in [-0.15, -0.1) is 0 Å². The molecule has 7 heteroatoms. The molecule has 0 unspecified atom stereocenters. The molecule has 1 aromatic heterocycles. The maximum Gasteiger partial charge on any atom is 0.262 e. The van der Waals surface area contributed by atoms with Crippen LogP contribution in [0.5, 0.6) is 5.75 Å². The van der Waals surface area contributed by atoms with Crippen LogP contribution in [0.25, 0.3) is 22.6 Å². The molecule has 0 aliphatic rings. The SMILES string of the molecule is Cc1ccc(-c2nc3cc(Cl)ccc3o2)cc1NC(=O)COc1ccc(Br)cc1. The Hall–Kier alpha value is -2.83. The molecule has 29 heavy (non-hydrogen) atoms. The highest BCUT2D eigenvalue weighted by Gasteiger charge is 2.12. The molecule has 1 heterocycles. The van der Waals surface area contributed by atoms with Gasteiger partial charge in [0.15, 0.2) is 12.2 Å². The highest BCUT2D eigenvalue weighted by atomic mass is 79.9. The molecule has 0 atom stereocenters. The van der Waals surface area contributed by atoms with Gasteiger partial charge in [-0.3, -0.25) is 4.79 Å². The molecule has 0 aliphatic carbocycles. The first-order chi connectivity index (χ1) is 14.0. The number of halogens is 2. The zero-order valence-electron chi connectivity index (χ0n) is 15.4. The molecular weight excluding hydrogens is 456 g/mol. The number of rotatable bonds is 5. The first kappa shape index (κ1) is 19.5. The summed E-state index contributed by atoms with van der Waals surface area (Å²) < 4.78 is 12.3. The molecule has 5 nitrogen and oxygen atoms in total. The second-order valence-electron chi connectivity index (χ2n) is 6.45. The maximum absolute atomic E-state index is 12.3. The average Bonchev–Trinajstić information content (AvgIpc) is 3.12. The largest absolute Gasteiger partial charge is 0.484 e. The van der Waals surface area contributed by atoms with E-state index in [0.29, 0.717) is 33.4 Å². The van der Waals surface area contributed by atoms with Crippen molar-refractivity contribution in [1.29, 1.82) is 0 Å². The fourth-order valence-corrected chi connectivity index (χ4v) is 3.21. The molecule has 0 radical (unpaired) electrons. The number of carbonyl (C=O) groups excluding carboxylic acids is 1. The van der Waals surface area contributed by atoms with E-state index in [1.54, 1.807) is 30.3 Å². The monoisotopic (exact) mass is 470 g/mol. The van der Waals surface area contributed by atoms with Crippen molar-refractivity contribution in [2.45, 2.75) is 6.92 Å². The van der Waals surface area contributed by atoms with Crippen molar-refractivity contribution >= 4 is 50.2 Å². The number of fused-ring (bicyclic) bond motifs is 1. The molecule has 0 saturated heterocycles. The Morgan fingerprint density at radius 3 is 2.72 bits per heavy atom. The van der Waals surface area contributed by atoms with Crippen molar-refractivity contribution in [2.75, 3.05) is 11.9 Å². The Morgan fingerprint density at radius 2 is 1.93 bits per heavy atom. The molecule has 4 aromatic rings. The number of anilines is 1. The zero-order chi connectivity index (χ0) is 20.4. The second kappa shape index (κ2) is 8.27. The Morgan fingerprint density at radius 1 is 1.14 bits per heavy atom. The van der Waals surface area contributed by atoms with Gasteiger partial charge < -0.3 is 14.5 Å². The third-order valence-corrected chi connectivity index (χ3v) is 5.06. The third kappa shape index (κ3) is 4.60. The van der Waals surface area contributed by atoms with E-state index in [1.807, 2.05) is 37.3 Å². The van der Waals surface area contributed by atoms with Gasteiger partial charge >= 0.3 is 0 Å². The average molecular weight is 472 g/mol. The van der Waals surface area contributed by atoms with E-state index in [1.165, 1.54) is 0 Å². The summed E-state index contributed by atoms with van der Waals surface area (Å²) in [5.74, 6) is 0.834. The Labute approximate surface area is 180 Å². The molecule has 3 aromatic carbocycles. The summed E-state index contributed by atoms with van der Waals surface area (Å²) in [6, 6.07) is 18.2. The van der Waals surface area contributed by atoms with Gasteiger partial charge in [-0.25, -0.2) is 4.98 Å². The summed E-state index contributed by atoms with van der Waals surface area (Å²) in [6.07, 6.45) is 0. The van der Waals surface area contributed by atoms with Crippen LogP contribution in [0.3, 0.4) is 0 Å². The van der Waals surface area contributed by atoms with Crippen LogP contribution >= 0.6 is 27.5 Å². The second-order valence-corrected chi connectivity index (χ2v) is 7.80. The number of benzene rings is 3. The van der Waals surface area contributed by atoms with Crippen molar-refractivity contribution < 1.29 is 13.9 Å². The number of amides is 1. The minimum atomic E-state index is -0.252. The summed E-state index contributed by atoms with van der Waals surface area (Å²) in [5.41, 5.74) is 3.68. The molecule has 0 fully saturated rings. The van der Waals surface area contributed by atoms with E-state index < -0.39 is 0 Å². The highest BCUT2D eigenvalue weighted by molar-refractivity contribution is 9.10. The number of nitrogens with zero attached hydrogens (tertiary/aromatic N) is 1. The molecule has 0 bridgehead atoms. The number of hydrogen-bond acceptors (Lipinski definition) is 4. The molecular formula is C22H16BrClN2O3. The third-order valence-electron chi connectivity index (χ3n) is 4.29. The van der Waals surface area contributed by atoms with E-state index >= 15 is 0 Å². The van der Waals surface area contributed by atoms with E-state index in [4.69, 9.17) is 20.8 Å². The van der Waals surface area contributed by atoms with Crippen molar-refractivity contribution in [2.24, 2.45) is 0 Å². The summed E-state index contributed by atoms with van der Waals surface area (Å²) in [7, 11) is 0. The number of aromatic nitrogens is 1. The van der Waals surface area contributed by atoms with Crippen LogP contribution in [0.15, 0.2) is 69.6 Å². The molecule has 1 N–H and O–H groups in total. The molecule has 1 amide bonds. The summed E-state index contributed by atoms with van der Waals surface area (Å²) in [5, 5.41) is 3.48. The predicted octanol–water partition coefficient (Wildman–Crippen LogP) is 6.24. The van der Waals surface area contributed by atoms with E-state index in [-0.39, 0.29) is 12.5 Å². The Balaban J connectivity index is 1.50. The van der Waals surface area contributed by atoms with Gasteiger partial charge in [0.05, 0.1) is 0 Å². The minimum Gasteiger partial charge on any atom is -0.484 e. The van der Waals surface area contributed by atoms with Gasteiger partial charge in [0, 0.05) is 20.7 Å². The fraction of sp³-hybridized carbons (Fsp3) is 0.0909. The summed E-state index contributed by atoms with van der Waals surface area (Å²) in [6.45, 7) is 1.83. The van der Waals surface area contributed by atoms with Crippen LogP contribution in [-0.4, -0.2) is 17.5 Å². The molecule has 4 rings (SSSR count). The predicted molar refractivity (Wildman–Crippen MR) is 117 cm³/mol. The molecule has 0 spiro atoms. The molecule has 146 valence electrons. The van der Waals surface area contributed by atoms with Crippen LogP contribution in [0.2, 0.25) is 5.02 Å². The van der Waals surface area contributed by atoms with Crippen molar-refractivity contribution in [3.8, 4) is 17.2 Å². The van der Waals surface area contributed by atoms with Gasteiger partial charge in [-0.05, 0) is 67.1 Å². The number of carbonyl (C=O) groups is 1. The number of nitrogens with one attached hydrogen (secondary N) is 1. The number of aryl methyl sites for hydroxylation is 1. The van der Waals surface area contributed by atoms with Crippen LogP contribution in [0.4, 0.5) is 5.69 Å². The van der Waals surface area contributed by atoms with Gasteiger partial charge in [-0.1, -0.05) is 33.6 Å². The highest BCUT2D eigenvalue weighted by Crippen LogP contribution is 2.29.